The smallest absolute Gasteiger partial charge is 0.0325 e. The van der Waals surface area contributed by atoms with Crippen LogP contribution < -0.4 is 5.32 Å². The van der Waals surface area contributed by atoms with Gasteiger partial charge in [0.1, 0.15) is 0 Å². The standard InChI is InChI=1S/C16H23N/c1-5-9-14(4)17-16(12-13(2)3)15-10-7-6-8-11-15/h1,6-8,10-11,13-14,16-17H,9,12H2,2-4H3. The van der Waals surface area contributed by atoms with E-state index in [2.05, 4.69) is 62.3 Å². The molecule has 1 nitrogen and oxygen atoms in total. The summed E-state index contributed by atoms with van der Waals surface area (Å²) in [5.74, 6) is 3.39. The Morgan fingerprint density at radius 2 is 1.82 bits per heavy atom. The Bertz CT molecular complexity index is 348. The minimum atomic E-state index is 0.365. The number of hydrogen-bond acceptors (Lipinski definition) is 1. The van der Waals surface area contributed by atoms with Gasteiger partial charge in [-0.2, -0.15) is 0 Å². The zero-order valence-electron chi connectivity index (χ0n) is 11.1. The van der Waals surface area contributed by atoms with Crippen LogP contribution in [0.3, 0.4) is 0 Å². The normalized spacial score (nSPS) is 14.3. The van der Waals surface area contributed by atoms with Gasteiger partial charge in [-0.25, -0.2) is 0 Å². The van der Waals surface area contributed by atoms with E-state index in [9.17, 15) is 0 Å². The van der Waals surface area contributed by atoms with Crippen LogP contribution in [0.2, 0.25) is 0 Å². The number of nitrogens with one attached hydrogen (secondary N) is 1. The number of rotatable bonds is 6. The molecule has 0 aromatic heterocycles. The monoisotopic (exact) mass is 229 g/mol. The minimum Gasteiger partial charge on any atom is -0.306 e. The second-order valence-corrected chi connectivity index (χ2v) is 5.07. The maximum Gasteiger partial charge on any atom is 0.0325 e. The lowest BCUT2D eigenvalue weighted by molar-refractivity contribution is 0.392. The fraction of sp³-hybridized carbons (Fsp3) is 0.500. The molecule has 0 saturated carbocycles. The van der Waals surface area contributed by atoms with E-state index in [0.717, 1.165) is 12.8 Å². The molecule has 17 heavy (non-hydrogen) atoms. The van der Waals surface area contributed by atoms with Crippen molar-refractivity contribution in [3.05, 3.63) is 35.9 Å². The Balaban J connectivity index is 2.71. The van der Waals surface area contributed by atoms with Gasteiger partial charge in [0.15, 0.2) is 0 Å². The van der Waals surface area contributed by atoms with E-state index in [4.69, 9.17) is 6.42 Å². The van der Waals surface area contributed by atoms with E-state index in [0.29, 0.717) is 18.0 Å². The topological polar surface area (TPSA) is 12.0 Å². The fourth-order valence-corrected chi connectivity index (χ4v) is 2.04. The van der Waals surface area contributed by atoms with E-state index in [1.165, 1.54) is 5.56 Å². The van der Waals surface area contributed by atoms with Crippen molar-refractivity contribution in [1.29, 1.82) is 0 Å². The van der Waals surface area contributed by atoms with Gasteiger partial charge in [0, 0.05) is 18.5 Å². The largest absolute Gasteiger partial charge is 0.306 e. The van der Waals surface area contributed by atoms with E-state index in [-0.39, 0.29) is 0 Å². The average Bonchev–Trinajstić information content (AvgIpc) is 2.29. The van der Waals surface area contributed by atoms with Crippen LogP contribution in [0.1, 0.15) is 45.2 Å². The van der Waals surface area contributed by atoms with Crippen molar-refractivity contribution in [2.75, 3.05) is 0 Å². The molecule has 1 heteroatoms. The highest BCUT2D eigenvalue weighted by Crippen LogP contribution is 2.21. The molecule has 0 heterocycles. The third-order valence-electron chi connectivity index (χ3n) is 2.82. The second kappa shape index (κ2) is 7.14. The van der Waals surface area contributed by atoms with Crippen LogP contribution in [0.25, 0.3) is 0 Å². The van der Waals surface area contributed by atoms with Crippen molar-refractivity contribution < 1.29 is 0 Å². The van der Waals surface area contributed by atoms with E-state index in [1.807, 2.05) is 0 Å². The fourth-order valence-electron chi connectivity index (χ4n) is 2.04. The molecule has 1 aromatic rings. The molecule has 0 aliphatic rings. The first-order chi connectivity index (χ1) is 8.13. The molecule has 92 valence electrons. The highest BCUT2D eigenvalue weighted by atomic mass is 14.9. The summed E-state index contributed by atoms with van der Waals surface area (Å²) in [6.07, 6.45) is 7.27. The molecule has 1 aromatic carbocycles. The maximum absolute atomic E-state index is 5.36. The zero-order valence-corrected chi connectivity index (χ0v) is 11.1. The summed E-state index contributed by atoms with van der Waals surface area (Å²) in [5, 5.41) is 3.62. The second-order valence-electron chi connectivity index (χ2n) is 5.07. The Morgan fingerprint density at radius 1 is 1.18 bits per heavy atom. The van der Waals surface area contributed by atoms with Gasteiger partial charge in [0.25, 0.3) is 0 Å². The van der Waals surface area contributed by atoms with Crippen LogP contribution in [0.15, 0.2) is 30.3 Å². The SMILES string of the molecule is C#CCC(C)NC(CC(C)C)c1ccccc1. The van der Waals surface area contributed by atoms with Crippen molar-refractivity contribution in [2.45, 2.75) is 45.7 Å². The predicted molar refractivity (Wildman–Crippen MR) is 74.7 cm³/mol. The van der Waals surface area contributed by atoms with Gasteiger partial charge in [-0.05, 0) is 24.8 Å². The van der Waals surface area contributed by atoms with E-state index < -0.39 is 0 Å². The first kappa shape index (κ1) is 13.8. The summed E-state index contributed by atoms with van der Waals surface area (Å²) in [6, 6.07) is 11.4. The molecule has 0 radical (unpaired) electrons. The number of terminal acetylenes is 1. The summed E-state index contributed by atoms with van der Waals surface area (Å²) in [6.45, 7) is 6.66. The molecule has 0 aliphatic carbocycles. The lowest BCUT2D eigenvalue weighted by Crippen LogP contribution is -2.31. The Labute approximate surface area is 106 Å². The molecule has 0 aliphatic heterocycles. The first-order valence-corrected chi connectivity index (χ1v) is 6.38. The highest BCUT2D eigenvalue weighted by Gasteiger charge is 2.14. The van der Waals surface area contributed by atoms with Crippen LogP contribution in [-0.4, -0.2) is 6.04 Å². The molecule has 0 fully saturated rings. The molecule has 1 N–H and O–H groups in total. The van der Waals surface area contributed by atoms with Crippen LogP contribution in [-0.2, 0) is 0 Å². The Kier molecular flexibility index (Phi) is 5.80. The van der Waals surface area contributed by atoms with Gasteiger partial charge in [-0.3, -0.25) is 0 Å². The average molecular weight is 229 g/mol. The molecular formula is C16H23N. The van der Waals surface area contributed by atoms with Crippen LogP contribution >= 0.6 is 0 Å². The van der Waals surface area contributed by atoms with Gasteiger partial charge >= 0.3 is 0 Å². The molecule has 1 rings (SSSR count). The molecule has 2 unspecified atom stereocenters. The van der Waals surface area contributed by atoms with Crippen molar-refractivity contribution in [2.24, 2.45) is 5.92 Å². The van der Waals surface area contributed by atoms with E-state index in [1.54, 1.807) is 0 Å². The number of benzene rings is 1. The Morgan fingerprint density at radius 3 is 2.35 bits per heavy atom. The van der Waals surface area contributed by atoms with Gasteiger partial charge in [-0.1, -0.05) is 44.2 Å². The maximum atomic E-state index is 5.36. The summed E-state index contributed by atoms with van der Waals surface area (Å²) in [5.41, 5.74) is 1.35. The molecule has 0 spiro atoms. The van der Waals surface area contributed by atoms with E-state index >= 15 is 0 Å². The molecule has 0 saturated heterocycles. The molecular weight excluding hydrogens is 206 g/mol. The van der Waals surface area contributed by atoms with Crippen LogP contribution in [0, 0.1) is 18.3 Å². The summed E-state index contributed by atoms with van der Waals surface area (Å²) < 4.78 is 0. The van der Waals surface area contributed by atoms with Gasteiger partial charge in [0.05, 0.1) is 0 Å². The number of hydrogen-bond donors (Lipinski definition) is 1. The highest BCUT2D eigenvalue weighted by molar-refractivity contribution is 5.19. The summed E-state index contributed by atoms with van der Waals surface area (Å²) in [7, 11) is 0. The first-order valence-electron chi connectivity index (χ1n) is 6.38. The third kappa shape index (κ3) is 5.06. The van der Waals surface area contributed by atoms with Crippen LogP contribution in [0.4, 0.5) is 0 Å². The zero-order chi connectivity index (χ0) is 12.7. The lowest BCUT2D eigenvalue weighted by Gasteiger charge is -2.24. The third-order valence-corrected chi connectivity index (χ3v) is 2.82. The minimum absolute atomic E-state index is 0.365. The lowest BCUT2D eigenvalue weighted by atomic mass is 9.96. The van der Waals surface area contributed by atoms with Crippen molar-refractivity contribution in [3.8, 4) is 12.3 Å². The molecule has 0 bridgehead atoms. The quantitative estimate of drug-likeness (QED) is 0.732. The Hall–Kier alpha value is -1.26. The molecule has 0 amide bonds. The predicted octanol–water partition coefficient (Wildman–Crippen LogP) is 3.78. The molecule has 2 atom stereocenters. The van der Waals surface area contributed by atoms with Crippen molar-refractivity contribution in [3.63, 3.8) is 0 Å². The van der Waals surface area contributed by atoms with Crippen molar-refractivity contribution in [1.82, 2.24) is 5.32 Å². The van der Waals surface area contributed by atoms with Gasteiger partial charge < -0.3 is 5.32 Å². The van der Waals surface area contributed by atoms with Crippen molar-refractivity contribution >= 4 is 0 Å². The van der Waals surface area contributed by atoms with Gasteiger partial charge in [-0.15, -0.1) is 12.3 Å². The van der Waals surface area contributed by atoms with Gasteiger partial charge in [0.2, 0.25) is 0 Å². The van der Waals surface area contributed by atoms with Crippen LogP contribution in [0.5, 0.6) is 0 Å². The summed E-state index contributed by atoms with van der Waals surface area (Å²) in [4.78, 5) is 0. The summed E-state index contributed by atoms with van der Waals surface area (Å²) >= 11 is 0.